The second-order valence-electron chi connectivity index (χ2n) is 8.89. The number of nitrogens with zero attached hydrogens (tertiary/aromatic N) is 4. The number of aromatic nitrogens is 2. The number of benzene rings is 2. The van der Waals surface area contributed by atoms with Crippen LogP contribution in [-0.2, 0) is 16.0 Å². The summed E-state index contributed by atoms with van der Waals surface area (Å²) in [6, 6.07) is 15.2. The summed E-state index contributed by atoms with van der Waals surface area (Å²) in [7, 11) is 0. The number of hydrogen-bond donors (Lipinski definition) is 1. The normalized spacial score (nSPS) is 17.7. The number of ether oxygens (including phenoxy) is 1. The van der Waals surface area contributed by atoms with Crippen LogP contribution in [0.2, 0.25) is 0 Å². The Bertz CT molecular complexity index is 1170. The summed E-state index contributed by atoms with van der Waals surface area (Å²) in [6.07, 6.45) is 4.24. The molecule has 9 heteroatoms. The average molecular weight is 476 g/mol. The van der Waals surface area contributed by atoms with Crippen LogP contribution in [0.15, 0.2) is 67.0 Å². The molecule has 0 bridgehead atoms. The van der Waals surface area contributed by atoms with Crippen molar-refractivity contribution in [2.75, 3.05) is 36.4 Å². The highest BCUT2D eigenvalue weighted by atomic mass is 19.1. The maximum Gasteiger partial charge on any atom is 0.231 e. The Morgan fingerprint density at radius 3 is 2.49 bits per heavy atom. The topological polar surface area (TPSA) is 87.7 Å². The Hall–Kier alpha value is -4.01. The van der Waals surface area contributed by atoms with Crippen LogP contribution in [0.1, 0.15) is 12.0 Å². The third-order valence-electron chi connectivity index (χ3n) is 6.38. The van der Waals surface area contributed by atoms with Crippen molar-refractivity contribution in [3.8, 4) is 5.75 Å². The molecule has 1 atom stereocenters. The maximum absolute atomic E-state index is 13.1. The van der Waals surface area contributed by atoms with E-state index in [9.17, 15) is 14.0 Å². The molecule has 3 aromatic rings. The van der Waals surface area contributed by atoms with Gasteiger partial charge in [-0.05, 0) is 48.0 Å². The number of hydrogen-bond acceptors (Lipinski definition) is 6. The molecule has 0 unspecified atom stereocenters. The summed E-state index contributed by atoms with van der Waals surface area (Å²) in [5.41, 5.74) is 2.48. The van der Waals surface area contributed by atoms with E-state index in [1.54, 1.807) is 29.4 Å². The van der Waals surface area contributed by atoms with Crippen molar-refractivity contribution in [3.63, 3.8) is 0 Å². The van der Waals surface area contributed by atoms with Crippen molar-refractivity contribution < 1.29 is 18.7 Å². The lowest BCUT2D eigenvalue weighted by Gasteiger charge is -2.39. The molecule has 2 saturated heterocycles. The summed E-state index contributed by atoms with van der Waals surface area (Å²) < 4.78 is 19.1. The Labute approximate surface area is 202 Å². The number of rotatable bonds is 7. The smallest absolute Gasteiger partial charge is 0.231 e. The fourth-order valence-electron chi connectivity index (χ4n) is 4.32. The van der Waals surface area contributed by atoms with Crippen molar-refractivity contribution in [2.45, 2.75) is 18.9 Å². The molecule has 3 heterocycles. The van der Waals surface area contributed by atoms with Crippen molar-refractivity contribution >= 4 is 23.2 Å². The first kappa shape index (κ1) is 22.8. The minimum absolute atomic E-state index is 0.00974. The van der Waals surface area contributed by atoms with Crippen LogP contribution >= 0.6 is 0 Å². The van der Waals surface area contributed by atoms with Gasteiger partial charge in [-0.2, -0.15) is 10.2 Å². The van der Waals surface area contributed by atoms with Crippen molar-refractivity contribution in [1.82, 2.24) is 15.1 Å². The van der Waals surface area contributed by atoms with E-state index in [4.69, 9.17) is 4.74 Å². The van der Waals surface area contributed by atoms with E-state index in [1.165, 1.54) is 12.1 Å². The highest BCUT2D eigenvalue weighted by Gasteiger charge is 2.33. The molecular formula is C26H26FN5O3. The van der Waals surface area contributed by atoms with Gasteiger partial charge < -0.3 is 19.9 Å². The molecule has 0 radical (unpaired) electrons. The molecule has 0 saturated carbocycles. The Morgan fingerprint density at radius 1 is 1.00 bits per heavy atom. The van der Waals surface area contributed by atoms with Crippen LogP contribution < -0.4 is 15.0 Å². The van der Waals surface area contributed by atoms with Crippen molar-refractivity contribution in [3.05, 3.63) is 78.4 Å². The highest BCUT2D eigenvalue weighted by Crippen LogP contribution is 2.25. The second-order valence-corrected chi connectivity index (χ2v) is 8.89. The van der Waals surface area contributed by atoms with Gasteiger partial charge in [0, 0.05) is 31.7 Å². The fourth-order valence-corrected chi connectivity index (χ4v) is 4.32. The molecule has 180 valence electrons. The lowest BCUT2D eigenvalue weighted by molar-refractivity contribution is -0.129. The molecular weight excluding hydrogens is 449 g/mol. The van der Waals surface area contributed by atoms with Gasteiger partial charge in [0.05, 0.1) is 37.0 Å². The zero-order valence-corrected chi connectivity index (χ0v) is 19.1. The molecule has 1 aromatic heterocycles. The molecule has 2 aliphatic heterocycles. The first-order valence-electron chi connectivity index (χ1n) is 11.6. The number of likely N-dealkylation sites (tertiary alicyclic amines) is 1. The first-order chi connectivity index (χ1) is 17.0. The van der Waals surface area contributed by atoms with Gasteiger partial charge in [-0.1, -0.05) is 12.1 Å². The number of nitrogens with one attached hydrogen (secondary N) is 1. The summed E-state index contributed by atoms with van der Waals surface area (Å²) in [4.78, 5) is 29.0. The van der Waals surface area contributed by atoms with Gasteiger partial charge in [-0.25, -0.2) is 4.39 Å². The number of carbonyl (C=O) groups excluding carboxylic acids is 2. The third kappa shape index (κ3) is 5.56. The molecule has 2 fully saturated rings. The van der Waals surface area contributed by atoms with E-state index in [0.29, 0.717) is 37.6 Å². The van der Waals surface area contributed by atoms with Gasteiger partial charge in [0.1, 0.15) is 17.7 Å². The van der Waals surface area contributed by atoms with Crippen LogP contribution in [0.25, 0.3) is 0 Å². The van der Waals surface area contributed by atoms with Crippen LogP contribution in [0.3, 0.4) is 0 Å². The second kappa shape index (κ2) is 10.1. The molecule has 1 N–H and O–H groups in total. The fraction of sp³-hybridized carbons (Fsp3) is 0.308. The van der Waals surface area contributed by atoms with E-state index in [-0.39, 0.29) is 36.1 Å². The van der Waals surface area contributed by atoms with Gasteiger partial charge in [0.2, 0.25) is 11.8 Å². The lowest BCUT2D eigenvalue weighted by Crippen LogP contribution is -2.52. The molecule has 0 aliphatic carbocycles. The van der Waals surface area contributed by atoms with Crippen LogP contribution in [-0.4, -0.2) is 59.2 Å². The van der Waals surface area contributed by atoms with Gasteiger partial charge in [0.25, 0.3) is 0 Å². The van der Waals surface area contributed by atoms with E-state index in [1.807, 2.05) is 30.3 Å². The highest BCUT2D eigenvalue weighted by molar-refractivity contribution is 5.94. The molecule has 2 aromatic carbocycles. The minimum atomic E-state index is -0.310. The number of anilines is 2. The van der Waals surface area contributed by atoms with Crippen LogP contribution in [0, 0.1) is 11.7 Å². The Kier molecular flexibility index (Phi) is 6.56. The predicted octanol–water partition coefficient (Wildman–Crippen LogP) is 2.91. The average Bonchev–Trinajstić information content (AvgIpc) is 3.30. The van der Waals surface area contributed by atoms with Crippen LogP contribution in [0.4, 0.5) is 15.8 Å². The zero-order chi connectivity index (χ0) is 24.2. The first-order valence-corrected chi connectivity index (χ1v) is 11.6. The monoisotopic (exact) mass is 475 g/mol. The summed E-state index contributed by atoms with van der Waals surface area (Å²) in [6.45, 7) is 2.45. The van der Waals surface area contributed by atoms with Gasteiger partial charge in [-0.3, -0.25) is 9.59 Å². The summed E-state index contributed by atoms with van der Waals surface area (Å²) in [5, 5.41) is 10.6. The van der Waals surface area contributed by atoms with E-state index >= 15 is 0 Å². The van der Waals surface area contributed by atoms with E-state index in [0.717, 1.165) is 17.7 Å². The quantitative estimate of drug-likeness (QED) is 0.566. The van der Waals surface area contributed by atoms with Crippen molar-refractivity contribution in [1.29, 1.82) is 0 Å². The summed E-state index contributed by atoms with van der Waals surface area (Å²) in [5.74, 6) is 0.310. The van der Waals surface area contributed by atoms with Crippen LogP contribution in [0.5, 0.6) is 5.75 Å². The number of amides is 2. The minimum Gasteiger partial charge on any atom is -0.489 e. The van der Waals surface area contributed by atoms with Crippen molar-refractivity contribution in [2.24, 2.45) is 5.92 Å². The summed E-state index contributed by atoms with van der Waals surface area (Å²) >= 11 is 0. The Balaban J connectivity index is 1.06. The van der Waals surface area contributed by atoms with Gasteiger partial charge >= 0.3 is 0 Å². The Morgan fingerprint density at radius 2 is 1.77 bits per heavy atom. The molecule has 5 rings (SSSR count). The maximum atomic E-state index is 13.1. The predicted molar refractivity (Wildman–Crippen MR) is 129 cm³/mol. The largest absolute Gasteiger partial charge is 0.489 e. The molecule has 8 nitrogen and oxygen atoms in total. The molecule has 0 spiro atoms. The standard InChI is InChI=1S/C26H26FN5O3/c27-20-3-1-18(2-4-20)13-25(33)31-12-10-24(17-31)35-23-7-5-21(6-8-23)30-26(34)19-15-32(16-19)22-9-11-28-29-14-22/h1-9,11,14,19,24H,10,12-13,15-17H2,(H,30,34)/t24-/m1/s1. The number of carbonyl (C=O) groups is 2. The molecule has 2 aliphatic rings. The molecule has 2 amide bonds. The molecule has 35 heavy (non-hydrogen) atoms. The number of halogens is 1. The lowest BCUT2D eigenvalue weighted by atomic mass is 9.98. The van der Waals surface area contributed by atoms with Gasteiger partial charge in [-0.15, -0.1) is 0 Å². The van der Waals surface area contributed by atoms with E-state index in [2.05, 4.69) is 20.4 Å². The van der Waals surface area contributed by atoms with E-state index < -0.39 is 0 Å². The SMILES string of the molecule is O=C(Nc1ccc(O[C@@H]2CCN(C(=O)Cc3ccc(F)cc3)C2)cc1)C1CN(c2ccnnc2)C1. The zero-order valence-electron chi connectivity index (χ0n) is 19.1. The third-order valence-corrected chi connectivity index (χ3v) is 6.38. The van der Waals surface area contributed by atoms with Gasteiger partial charge in [0.15, 0.2) is 0 Å².